The molecule has 3 aliphatic rings. The second kappa shape index (κ2) is 12.0. The van der Waals surface area contributed by atoms with Crippen LogP contribution in [0.1, 0.15) is 107 Å². The van der Waals surface area contributed by atoms with Crippen LogP contribution < -0.4 is 5.32 Å². The van der Waals surface area contributed by atoms with Crippen LogP contribution in [0.3, 0.4) is 0 Å². The Labute approximate surface area is 239 Å². The van der Waals surface area contributed by atoms with Gasteiger partial charge < -0.3 is 15.2 Å². The molecule has 1 aromatic heterocycles. The van der Waals surface area contributed by atoms with Gasteiger partial charge in [-0.15, -0.1) is 0 Å². The first-order chi connectivity index (χ1) is 19.1. The normalized spacial score (nSPS) is 22.4. The van der Waals surface area contributed by atoms with Crippen molar-refractivity contribution in [3.63, 3.8) is 0 Å². The summed E-state index contributed by atoms with van der Waals surface area (Å²) in [5, 5.41) is 12.7. The van der Waals surface area contributed by atoms with E-state index in [0.29, 0.717) is 12.5 Å². The zero-order valence-electron chi connectivity index (χ0n) is 24.5. The van der Waals surface area contributed by atoms with E-state index in [0.717, 1.165) is 56.9 Å². The number of aryl methyl sites for hydroxylation is 3. The molecular formula is C34H46N2O4. The Kier molecular flexibility index (Phi) is 8.65. The van der Waals surface area contributed by atoms with Gasteiger partial charge in [0, 0.05) is 24.4 Å². The van der Waals surface area contributed by atoms with Gasteiger partial charge in [-0.3, -0.25) is 9.78 Å². The molecule has 5 rings (SSSR count). The first-order valence-corrected chi connectivity index (χ1v) is 15.4. The maximum Gasteiger partial charge on any atom is 0.326 e. The minimum Gasteiger partial charge on any atom is -0.480 e. The highest BCUT2D eigenvalue weighted by molar-refractivity contribution is 5.92. The van der Waals surface area contributed by atoms with Gasteiger partial charge >= 0.3 is 5.97 Å². The number of nitrogens with zero attached hydrogens (tertiary/aromatic N) is 1. The second-order valence-corrected chi connectivity index (χ2v) is 13.4. The average molecular weight is 547 g/mol. The number of hydrogen-bond donors (Lipinski definition) is 2. The number of carboxylic acids is 1. The third kappa shape index (κ3) is 6.43. The summed E-state index contributed by atoms with van der Waals surface area (Å²) in [7, 11) is 0. The van der Waals surface area contributed by atoms with Crippen molar-refractivity contribution in [2.45, 2.75) is 121 Å². The molecule has 6 heteroatoms. The highest BCUT2D eigenvalue weighted by atomic mass is 16.5. The van der Waals surface area contributed by atoms with Crippen LogP contribution in [0.15, 0.2) is 36.4 Å². The average Bonchev–Trinajstić information content (AvgIpc) is 2.87. The summed E-state index contributed by atoms with van der Waals surface area (Å²) in [6, 6.07) is 11.8. The largest absolute Gasteiger partial charge is 0.480 e. The number of benzene rings is 1. The molecule has 0 spiro atoms. The van der Waals surface area contributed by atoms with Gasteiger partial charge in [0.05, 0.1) is 11.5 Å². The zero-order valence-corrected chi connectivity index (χ0v) is 24.5. The summed E-state index contributed by atoms with van der Waals surface area (Å²) in [4.78, 5) is 30.3. The second-order valence-electron chi connectivity index (χ2n) is 13.4. The van der Waals surface area contributed by atoms with Crippen LogP contribution >= 0.6 is 0 Å². The maximum absolute atomic E-state index is 13.4. The van der Waals surface area contributed by atoms with Crippen molar-refractivity contribution in [2.24, 2.45) is 5.92 Å². The Balaban J connectivity index is 1.06. The lowest BCUT2D eigenvalue weighted by Crippen LogP contribution is -2.54. The van der Waals surface area contributed by atoms with E-state index in [9.17, 15) is 14.7 Å². The first kappa shape index (κ1) is 28.8. The highest BCUT2D eigenvalue weighted by Crippen LogP contribution is 2.44. The minimum atomic E-state index is -1.00. The Morgan fingerprint density at radius 2 is 1.77 bits per heavy atom. The number of pyridine rings is 1. The lowest BCUT2D eigenvalue weighted by molar-refractivity contribution is -0.144. The van der Waals surface area contributed by atoms with Crippen LogP contribution in [0, 0.1) is 5.92 Å². The number of nitrogens with one attached hydrogen (secondary N) is 1. The summed E-state index contributed by atoms with van der Waals surface area (Å²) < 4.78 is 6.02. The summed E-state index contributed by atoms with van der Waals surface area (Å²) >= 11 is 0. The highest BCUT2D eigenvalue weighted by Gasteiger charge is 2.46. The SMILES string of the molecule is CC(C)(C)c1ccc(C2(C(=O)NC(CCOC3CC(CCc4ccc5c(n4)CCCC5)C3)C(=O)O)CCC2)cc1. The molecular weight excluding hydrogens is 500 g/mol. The molecule has 3 aliphatic carbocycles. The van der Waals surface area contributed by atoms with E-state index < -0.39 is 17.4 Å². The lowest BCUT2D eigenvalue weighted by atomic mass is 9.63. The van der Waals surface area contributed by atoms with E-state index in [4.69, 9.17) is 9.72 Å². The molecule has 0 saturated heterocycles. The molecule has 0 radical (unpaired) electrons. The molecule has 0 bridgehead atoms. The van der Waals surface area contributed by atoms with Gasteiger partial charge in [-0.2, -0.15) is 0 Å². The number of amides is 1. The van der Waals surface area contributed by atoms with Gasteiger partial charge in [0.1, 0.15) is 6.04 Å². The molecule has 1 atom stereocenters. The van der Waals surface area contributed by atoms with E-state index in [2.05, 4.69) is 50.4 Å². The number of aromatic nitrogens is 1. The summed E-state index contributed by atoms with van der Waals surface area (Å²) in [5.74, 6) is -0.534. The molecule has 2 aromatic rings. The van der Waals surface area contributed by atoms with Crippen molar-refractivity contribution in [1.29, 1.82) is 0 Å². The Morgan fingerprint density at radius 1 is 1.05 bits per heavy atom. The third-order valence-electron chi connectivity index (χ3n) is 9.55. The van der Waals surface area contributed by atoms with E-state index >= 15 is 0 Å². The molecule has 1 unspecified atom stereocenters. The molecule has 40 heavy (non-hydrogen) atoms. The number of rotatable bonds is 11. The molecule has 2 saturated carbocycles. The number of fused-ring (bicyclic) bond motifs is 1. The molecule has 2 fully saturated rings. The van der Waals surface area contributed by atoms with E-state index in [1.165, 1.54) is 41.8 Å². The van der Waals surface area contributed by atoms with Gasteiger partial charge in [-0.05, 0) is 98.3 Å². The molecule has 0 aliphatic heterocycles. The Morgan fingerprint density at radius 3 is 2.42 bits per heavy atom. The first-order valence-electron chi connectivity index (χ1n) is 15.4. The number of carboxylic acid groups (broad SMARTS) is 1. The predicted octanol–water partition coefficient (Wildman–Crippen LogP) is 6.07. The predicted molar refractivity (Wildman–Crippen MR) is 157 cm³/mol. The van der Waals surface area contributed by atoms with Crippen molar-refractivity contribution in [1.82, 2.24) is 10.3 Å². The van der Waals surface area contributed by atoms with Gasteiger partial charge in [-0.25, -0.2) is 4.79 Å². The summed E-state index contributed by atoms with van der Waals surface area (Å²) in [5.41, 5.74) is 5.57. The number of carbonyl (C=O) groups excluding carboxylic acids is 1. The van der Waals surface area contributed by atoms with Crippen molar-refractivity contribution < 1.29 is 19.4 Å². The van der Waals surface area contributed by atoms with Crippen molar-refractivity contribution in [3.8, 4) is 0 Å². The van der Waals surface area contributed by atoms with E-state index in [1.807, 2.05) is 12.1 Å². The number of carbonyl (C=O) groups is 2. The topological polar surface area (TPSA) is 88.5 Å². The molecule has 216 valence electrons. The van der Waals surface area contributed by atoms with Crippen LogP contribution in [0.5, 0.6) is 0 Å². The van der Waals surface area contributed by atoms with Crippen LogP contribution in [-0.4, -0.2) is 40.7 Å². The summed E-state index contributed by atoms with van der Waals surface area (Å²) in [6.07, 6.45) is 11.9. The number of aliphatic carboxylic acids is 1. The molecule has 1 heterocycles. The molecule has 6 nitrogen and oxygen atoms in total. The zero-order chi connectivity index (χ0) is 28.3. The van der Waals surface area contributed by atoms with Crippen LogP contribution in [0.4, 0.5) is 0 Å². The monoisotopic (exact) mass is 546 g/mol. The third-order valence-corrected chi connectivity index (χ3v) is 9.55. The lowest BCUT2D eigenvalue weighted by Gasteiger charge is -2.41. The fourth-order valence-corrected chi connectivity index (χ4v) is 6.54. The maximum atomic E-state index is 13.4. The van der Waals surface area contributed by atoms with Gasteiger partial charge in [0.25, 0.3) is 0 Å². The Bertz CT molecular complexity index is 1190. The number of ether oxygens (including phenoxy) is 1. The van der Waals surface area contributed by atoms with Crippen molar-refractivity contribution >= 4 is 11.9 Å². The minimum absolute atomic E-state index is 0.0427. The van der Waals surface area contributed by atoms with Crippen LogP contribution in [-0.2, 0) is 44.4 Å². The standard InChI is InChI=1S/C34H46N2O4/c1-33(2,3)25-11-13-26(14-12-25)34(18-6-19-34)32(39)36-30(31(37)38)17-20-40-28-21-23(22-28)9-15-27-16-10-24-7-4-5-8-29(24)35-27/h10-14,16,23,28,30H,4-9,15,17-22H2,1-3H3,(H,36,39)(H,37,38). The fraction of sp³-hybridized carbons (Fsp3) is 0.618. The van der Waals surface area contributed by atoms with Gasteiger partial charge in [-0.1, -0.05) is 57.5 Å². The number of hydrogen-bond acceptors (Lipinski definition) is 4. The van der Waals surface area contributed by atoms with Gasteiger partial charge in [0.15, 0.2) is 0 Å². The Hall–Kier alpha value is -2.73. The molecule has 1 aromatic carbocycles. The quantitative estimate of drug-likeness (QED) is 0.357. The van der Waals surface area contributed by atoms with Crippen LogP contribution in [0.25, 0.3) is 0 Å². The smallest absolute Gasteiger partial charge is 0.326 e. The summed E-state index contributed by atoms with van der Waals surface area (Å²) in [6.45, 7) is 6.86. The van der Waals surface area contributed by atoms with Crippen molar-refractivity contribution in [2.75, 3.05) is 6.61 Å². The molecule has 1 amide bonds. The van der Waals surface area contributed by atoms with Crippen LogP contribution in [0.2, 0.25) is 0 Å². The molecule has 2 N–H and O–H groups in total. The van der Waals surface area contributed by atoms with Gasteiger partial charge in [0.2, 0.25) is 5.91 Å². The van der Waals surface area contributed by atoms with E-state index in [-0.39, 0.29) is 23.8 Å². The van der Waals surface area contributed by atoms with Crippen molar-refractivity contribution in [3.05, 3.63) is 64.5 Å². The fourth-order valence-electron chi connectivity index (χ4n) is 6.54. The van der Waals surface area contributed by atoms with E-state index in [1.54, 1.807) is 0 Å².